The van der Waals surface area contributed by atoms with E-state index in [2.05, 4.69) is 20.4 Å². The number of anilines is 2. The number of hydrogen-bond donors (Lipinski definition) is 3. The van der Waals surface area contributed by atoms with Crippen molar-refractivity contribution in [3.63, 3.8) is 0 Å². The summed E-state index contributed by atoms with van der Waals surface area (Å²) in [4.78, 5) is 23.8. The molecule has 1 unspecified atom stereocenters. The Hall–Kier alpha value is -4.20. The number of nitrogens with zero attached hydrogens (tertiary/aromatic N) is 5. The molecule has 2 saturated heterocycles. The molecule has 2 aliphatic rings. The predicted molar refractivity (Wildman–Crippen MR) is 147 cm³/mol. The van der Waals surface area contributed by atoms with Crippen molar-refractivity contribution in [3.8, 4) is 17.1 Å². The molecule has 214 valence electrons. The third-order valence-corrected chi connectivity index (χ3v) is 7.55. The highest BCUT2D eigenvalue weighted by atomic mass is 19.1. The number of aliphatic hydroxyl groups excluding tert-OH is 1. The first-order valence-electron chi connectivity index (χ1n) is 13.3. The Morgan fingerprint density at radius 1 is 1.29 bits per heavy atom. The SMILES string of the molecule is COc1cccc(F)c1-c1nccc(C(=O)Nc2cc(F)c3c(cnn3C3CCOC3)c2N2C[C@@H](N)C[C@H]2CO)n1. The maximum atomic E-state index is 15.8. The van der Waals surface area contributed by atoms with Crippen LogP contribution in [0.1, 0.15) is 29.4 Å². The Balaban J connectivity index is 1.42. The van der Waals surface area contributed by atoms with Gasteiger partial charge in [0, 0.05) is 36.8 Å². The first-order chi connectivity index (χ1) is 19.9. The summed E-state index contributed by atoms with van der Waals surface area (Å²) in [7, 11) is 1.40. The van der Waals surface area contributed by atoms with Crippen LogP contribution in [0, 0.1) is 11.6 Å². The molecule has 13 heteroatoms. The molecule has 4 N–H and O–H groups in total. The number of fused-ring (bicyclic) bond motifs is 1. The highest BCUT2D eigenvalue weighted by Crippen LogP contribution is 2.41. The smallest absolute Gasteiger partial charge is 0.274 e. The first-order valence-corrected chi connectivity index (χ1v) is 13.3. The van der Waals surface area contributed by atoms with E-state index in [4.69, 9.17) is 15.2 Å². The molecule has 1 amide bonds. The lowest BCUT2D eigenvalue weighted by Crippen LogP contribution is -2.34. The lowest BCUT2D eigenvalue weighted by Gasteiger charge is -2.28. The molecule has 2 aromatic heterocycles. The Bertz CT molecular complexity index is 1610. The molecule has 2 aromatic carbocycles. The van der Waals surface area contributed by atoms with E-state index in [0.717, 1.165) is 0 Å². The topological polar surface area (TPSA) is 141 Å². The quantitative estimate of drug-likeness (QED) is 0.309. The van der Waals surface area contributed by atoms with Crippen LogP contribution in [0.15, 0.2) is 42.7 Å². The molecule has 0 aliphatic carbocycles. The molecule has 0 spiro atoms. The van der Waals surface area contributed by atoms with Gasteiger partial charge in [0.25, 0.3) is 5.91 Å². The van der Waals surface area contributed by atoms with Crippen LogP contribution >= 0.6 is 0 Å². The molecular weight excluding hydrogens is 536 g/mol. The fourth-order valence-electron chi connectivity index (χ4n) is 5.66. The number of methoxy groups -OCH3 is 1. The van der Waals surface area contributed by atoms with Gasteiger partial charge in [0.1, 0.15) is 22.8 Å². The van der Waals surface area contributed by atoms with E-state index < -0.39 is 17.5 Å². The van der Waals surface area contributed by atoms with Crippen molar-refractivity contribution in [1.82, 2.24) is 19.7 Å². The minimum absolute atomic E-state index is 0.0120. The molecular formula is C28H29F2N7O4. The third kappa shape index (κ3) is 4.85. The number of carbonyl (C=O) groups is 1. The maximum Gasteiger partial charge on any atom is 0.274 e. The van der Waals surface area contributed by atoms with E-state index in [-0.39, 0.29) is 58.8 Å². The van der Waals surface area contributed by atoms with Gasteiger partial charge in [0.15, 0.2) is 11.6 Å². The first kappa shape index (κ1) is 27.0. The summed E-state index contributed by atoms with van der Waals surface area (Å²) in [5.74, 6) is -1.68. The van der Waals surface area contributed by atoms with E-state index in [9.17, 15) is 14.3 Å². The molecule has 4 aromatic rings. The number of aliphatic hydroxyl groups is 1. The lowest BCUT2D eigenvalue weighted by molar-refractivity contribution is 0.102. The highest BCUT2D eigenvalue weighted by molar-refractivity contribution is 6.09. The maximum absolute atomic E-state index is 15.8. The van der Waals surface area contributed by atoms with Crippen molar-refractivity contribution in [3.05, 3.63) is 60.1 Å². The van der Waals surface area contributed by atoms with Gasteiger partial charge in [-0.1, -0.05) is 6.07 Å². The van der Waals surface area contributed by atoms with Gasteiger partial charge in [-0.25, -0.2) is 18.7 Å². The van der Waals surface area contributed by atoms with Gasteiger partial charge in [-0.2, -0.15) is 5.10 Å². The number of nitrogens with two attached hydrogens (primary N) is 1. The number of halogens is 2. The van der Waals surface area contributed by atoms with Crippen molar-refractivity contribution in [2.45, 2.75) is 31.0 Å². The van der Waals surface area contributed by atoms with Crippen LogP contribution < -0.4 is 20.7 Å². The van der Waals surface area contributed by atoms with Crippen molar-refractivity contribution in [1.29, 1.82) is 0 Å². The zero-order valence-electron chi connectivity index (χ0n) is 22.3. The van der Waals surface area contributed by atoms with E-state index in [0.29, 0.717) is 43.7 Å². The zero-order valence-corrected chi connectivity index (χ0v) is 22.3. The molecule has 6 rings (SSSR count). The Morgan fingerprint density at radius 3 is 2.90 bits per heavy atom. The van der Waals surface area contributed by atoms with E-state index in [1.807, 2.05) is 4.90 Å². The third-order valence-electron chi connectivity index (χ3n) is 7.55. The summed E-state index contributed by atoms with van der Waals surface area (Å²) in [6.45, 7) is 1.18. The van der Waals surface area contributed by atoms with Crippen LogP contribution in [0.25, 0.3) is 22.3 Å². The van der Waals surface area contributed by atoms with Gasteiger partial charge < -0.3 is 30.5 Å². The van der Waals surface area contributed by atoms with Crippen molar-refractivity contribution in [2.75, 3.05) is 43.7 Å². The molecule has 2 fully saturated rings. The number of nitrogens with one attached hydrogen (secondary N) is 1. The van der Waals surface area contributed by atoms with E-state index >= 15 is 4.39 Å². The Morgan fingerprint density at radius 2 is 2.15 bits per heavy atom. The number of rotatable bonds is 7. The minimum atomic E-state index is -0.662. The Labute approximate surface area is 233 Å². The number of benzene rings is 2. The van der Waals surface area contributed by atoms with Crippen molar-refractivity contribution >= 4 is 28.2 Å². The highest BCUT2D eigenvalue weighted by Gasteiger charge is 2.34. The summed E-state index contributed by atoms with van der Waals surface area (Å²) in [5, 5.41) is 17.9. The second-order valence-corrected chi connectivity index (χ2v) is 10.1. The monoisotopic (exact) mass is 565 g/mol. The van der Waals surface area contributed by atoms with Gasteiger partial charge in [0.2, 0.25) is 0 Å². The second-order valence-electron chi connectivity index (χ2n) is 10.1. The number of ether oxygens (including phenoxy) is 2. The molecule has 41 heavy (non-hydrogen) atoms. The molecule has 3 atom stereocenters. The molecule has 0 saturated carbocycles. The fourth-order valence-corrected chi connectivity index (χ4v) is 5.66. The molecule has 0 radical (unpaired) electrons. The van der Waals surface area contributed by atoms with E-state index in [1.165, 1.54) is 37.6 Å². The van der Waals surface area contributed by atoms with Gasteiger partial charge >= 0.3 is 0 Å². The van der Waals surface area contributed by atoms with Crippen LogP contribution in [-0.4, -0.2) is 76.3 Å². The second kappa shape index (κ2) is 11.0. The largest absolute Gasteiger partial charge is 0.496 e. The van der Waals surface area contributed by atoms with Gasteiger partial charge in [-0.15, -0.1) is 0 Å². The predicted octanol–water partition coefficient (Wildman–Crippen LogP) is 2.89. The number of amides is 1. The number of hydrogen-bond acceptors (Lipinski definition) is 9. The van der Waals surface area contributed by atoms with Crippen LogP contribution in [0.4, 0.5) is 20.2 Å². The summed E-state index contributed by atoms with van der Waals surface area (Å²) in [6.07, 6.45) is 4.11. The average Bonchev–Trinajstić information content (AvgIpc) is 3.73. The van der Waals surface area contributed by atoms with Crippen LogP contribution in [-0.2, 0) is 4.74 Å². The van der Waals surface area contributed by atoms with Crippen LogP contribution in [0.2, 0.25) is 0 Å². The summed E-state index contributed by atoms with van der Waals surface area (Å²) < 4.78 is 42.8. The average molecular weight is 566 g/mol. The molecule has 11 nitrogen and oxygen atoms in total. The van der Waals surface area contributed by atoms with Crippen molar-refractivity contribution in [2.24, 2.45) is 5.73 Å². The molecule has 4 heterocycles. The zero-order chi connectivity index (χ0) is 28.7. The fraction of sp³-hybridized carbons (Fsp3) is 0.357. The van der Waals surface area contributed by atoms with Crippen LogP contribution in [0.3, 0.4) is 0 Å². The van der Waals surface area contributed by atoms with Gasteiger partial charge in [0.05, 0.1) is 55.5 Å². The Kier molecular flexibility index (Phi) is 7.24. The minimum Gasteiger partial charge on any atom is -0.496 e. The summed E-state index contributed by atoms with van der Waals surface area (Å²) in [6, 6.07) is 6.22. The van der Waals surface area contributed by atoms with Crippen LogP contribution in [0.5, 0.6) is 5.75 Å². The normalized spacial score (nSPS) is 20.6. The molecule has 2 aliphatic heterocycles. The van der Waals surface area contributed by atoms with Gasteiger partial charge in [-0.3, -0.25) is 9.48 Å². The molecule has 0 bridgehead atoms. The number of carbonyl (C=O) groups excluding carboxylic acids is 1. The summed E-state index contributed by atoms with van der Waals surface area (Å²) in [5.41, 5.74) is 7.13. The van der Waals surface area contributed by atoms with E-state index in [1.54, 1.807) is 16.9 Å². The van der Waals surface area contributed by atoms with Gasteiger partial charge in [-0.05, 0) is 31.0 Å². The number of aromatic nitrogens is 4. The standard InChI is InChI=1S/C28H29F2N7O4/c1-40-23-4-2-3-19(29)24(23)27-32-7-5-21(34-27)28(39)35-22-10-20(30)25-18(11-33-37(25)16-6-8-41-14-16)26(22)36-12-15(31)9-17(36)13-38/h2-5,7,10-11,15-17,38H,6,8-9,12-14,31H2,1H3,(H,35,39)/t15-,16?,17-/m0/s1. The lowest BCUT2D eigenvalue weighted by atomic mass is 10.1. The summed E-state index contributed by atoms with van der Waals surface area (Å²) >= 11 is 0. The van der Waals surface area contributed by atoms with Crippen molar-refractivity contribution < 1.29 is 28.2 Å².